The molecule has 0 unspecified atom stereocenters. The summed E-state index contributed by atoms with van der Waals surface area (Å²) in [7, 11) is 1.57. The van der Waals surface area contributed by atoms with Gasteiger partial charge in [-0.15, -0.1) is 0 Å². The Balaban J connectivity index is 1.77. The zero-order chi connectivity index (χ0) is 16.5. The van der Waals surface area contributed by atoms with Gasteiger partial charge in [0, 0.05) is 12.1 Å². The fourth-order valence-electron chi connectivity index (χ4n) is 1.93. The highest BCUT2D eigenvalue weighted by Crippen LogP contribution is 2.20. The van der Waals surface area contributed by atoms with Gasteiger partial charge >= 0.3 is 0 Å². The maximum absolute atomic E-state index is 9.74. The van der Waals surface area contributed by atoms with Crippen molar-refractivity contribution in [1.29, 1.82) is 0 Å². The predicted octanol–water partition coefficient (Wildman–Crippen LogP) is 2.44. The van der Waals surface area contributed by atoms with Crippen molar-refractivity contribution in [3.8, 4) is 11.5 Å². The van der Waals surface area contributed by atoms with Crippen LogP contribution < -0.4 is 15.5 Å². The Labute approximate surface area is 141 Å². The Hall–Kier alpha value is -2.60. The number of benzene rings is 2. The first-order chi connectivity index (χ1) is 11.2. The van der Waals surface area contributed by atoms with Crippen molar-refractivity contribution >= 4 is 23.5 Å². The Morgan fingerprint density at radius 3 is 2.78 bits per heavy atom. The van der Waals surface area contributed by atoms with Crippen molar-refractivity contribution in [1.82, 2.24) is 10.7 Å². The summed E-state index contributed by atoms with van der Waals surface area (Å²) >= 11 is 5.14. The van der Waals surface area contributed by atoms with E-state index in [1.54, 1.807) is 25.3 Å². The molecular formula is C17H19N3O2S. The molecule has 120 valence electrons. The van der Waals surface area contributed by atoms with Crippen LogP contribution in [0.2, 0.25) is 0 Å². The number of rotatable bonds is 6. The van der Waals surface area contributed by atoms with Crippen molar-refractivity contribution in [2.24, 2.45) is 5.10 Å². The molecule has 0 aliphatic carbocycles. The largest absolute Gasteiger partial charge is 0.507 e. The molecule has 6 heteroatoms. The van der Waals surface area contributed by atoms with E-state index in [1.165, 1.54) is 11.8 Å². The molecule has 0 saturated heterocycles. The zero-order valence-electron chi connectivity index (χ0n) is 12.8. The highest BCUT2D eigenvalue weighted by molar-refractivity contribution is 7.80. The molecule has 2 aromatic rings. The van der Waals surface area contributed by atoms with Crippen LogP contribution in [0.15, 0.2) is 53.6 Å². The standard InChI is InChI=1S/C17H19N3O2S/c1-22-15-7-8-16(21)14(11-15)12-19-20-17(23)18-10-9-13-5-3-2-4-6-13/h2-8,11-12,21H,9-10H2,1H3,(H2,18,20,23)/b19-12+. The topological polar surface area (TPSA) is 65.9 Å². The fraction of sp³-hybridized carbons (Fsp3) is 0.176. The van der Waals surface area contributed by atoms with Crippen LogP contribution in [0, 0.1) is 0 Å². The van der Waals surface area contributed by atoms with Crippen LogP contribution >= 0.6 is 12.2 Å². The van der Waals surface area contributed by atoms with Gasteiger partial charge in [0.2, 0.25) is 0 Å². The number of nitrogens with one attached hydrogen (secondary N) is 2. The molecule has 5 nitrogen and oxygen atoms in total. The second-order valence-electron chi connectivity index (χ2n) is 4.79. The van der Waals surface area contributed by atoms with E-state index in [1.807, 2.05) is 18.2 Å². The predicted molar refractivity (Wildman–Crippen MR) is 96.1 cm³/mol. The number of methoxy groups -OCH3 is 1. The molecular weight excluding hydrogens is 310 g/mol. The third kappa shape index (κ3) is 5.60. The summed E-state index contributed by atoms with van der Waals surface area (Å²) in [4.78, 5) is 0. The second-order valence-corrected chi connectivity index (χ2v) is 5.19. The summed E-state index contributed by atoms with van der Waals surface area (Å²) in [6, 6.07) is 15.1. The number of hydrazone groups is 1. The van der Waals surface area contributed by atoms with E-state index >= 15 is 0 Å². The van der Waals surface area contributed by atoms with Gasteiger partial charge in [0.05, 0.1) is 13.3 Å². The quantitative estimate of drug-likeness (QED) is 0.432. The Morgan fingerprint density at radius 2 is 2.04 bits per heavy atom. The fourth-order valence-corrected chi connectivity index (χ4v) is 2.08. The van der Waals surface area contributed by atoms with E-state index in [4.69, 9.17) is 17.0 Å². The average molecular weight is 329 g/mol. The van der Waals surface area contributed by atoms with Gasteiger partial charge in [-0.2, -0.15) is 5.10 Å². The maximum Gasteiger partial charge on any atom is 0.186 e. The Morgan fingerprint density at radius 1 is 1.26 bits per heavy atom. The monoisotopic (exact) mass is 329 g/mol. The number of thiocarbonyl (C=S) groups is 1. The molecule has 0 amide bonds. The smallest absolute Gasteiger partial charge is 0.186 e. The lowest BCUT2D eigenvalue weighted by Gasteiger charge is -2.07. The first-order valence-corrected chi connectivity index (χ1v) is 7.57. The van der Waals surface area contributed by atoms with E-state index in [2.05, 4.69) is 28.0 Å². The average Bonchev–Trinajstić information content (AvgIpc) is 2.57. The van der Waals surface area contributed by atoms with Crippen molar-refractivity contribution in [2.75, 3.05) is 13.7 Å². The molecule has 2 aromatic carbocycles. The molecule has 0 radical (unpaired) electrons. The van der Waals surface area contributed by atoms with Crippen LogP contribution in [0.3, 0.4) is 0 Å². The SMILES string of the molecule is COc1ccc(O)c(/C=N/NC(=S)NCCc2ccccc2)c1. The van der Waals surface area contributed by atoms with Gasteiger partial charge in [-0.25, -0.2) is 0 Å². The Bertz CT molecular complexity index is 675. The minimum absolute atomic E-state index is 0.124. The van der Waals surface area contributed by atoms with E-state index in [-0.39, 0.29) is 5.75 Å². The molecule has 0 aliphatic rings. The van der Waals surface area contributed by atoms with Gasteiger partial charge in [-0.3, -0.25) is 5.43 Å². The summed E-state index contributed by atoms with van der Waals surface area (Å²) in [6.07, 6.45) is 2.37. The van der Waals surface area contributed by atoms with E-state index in [0.29, 0.717) is 16.4 Å². The van der Waals surface area contributed by atoms with E-state index in [0.717, 1.165) is 13.0 Å². The molecule has 0 spiro atoms. The molecule has 23 heavy (non-hydrogen) atoms. The molecule has 0 bridgehead atoms. The number of nitrogens with zero attached hydrogens (tertiary/aromatic N) is 1. The molecule has 0 fully saturated rings. The van der Waals surface area contributed by atoms with Crippen LogP contribution in [0.25, 0.3) is 0 Å². The first kappa shape index (κ1) is 16.8. The summed E-state index contributed by atoms with van der Waals surface area (Å²) in [5.41, 5.74) is 4.51. The number of hydrogen-bond acceptors (Lipinski definition) is 4. The molecule has 0 atom stereocenters. The molecule has 0 heterocycles. The van der Waals surface area contributed by atoms with Crippen molar-refractivity contribution in [3.63, 3.8) is 0 Å². The van der Waals surface area contributed by atoms with Crippen LogP contribution in [0.5, 0.6) is 11.5 Å². The highest BCUT2D eigenvalue weighted by atomic mass is 32.1. The molecule has 0 aliphatic heterocycles. The molecule has 0 aromatic heterocycles. The summed E-state index contributed by atoms with van der Waals surface area (Å²) in [5, 5.41) is 17.3. The number of aromatic hydroxyl groups is 1. The van der Waals surface area contributed by atoms with Crippen LogP contribution in [0.1, 0.15) is 11.1 Å². The number of phenolic OH excluding ortho intramolecular Hbond substituents is 1. The van der Waals surface area contributed by atoms with Crippen LogP contribution in [0.4, 0.5) is 0 Å². The lowest BCUT2D eigenvalue weighted by molar-refractivity contribution is 0.412. The van der Waals surface area contributed by atoms with Gasteiger partial charge in [0.1, 0.15) is 11.5 Å². The first-order valence-electron chi connectivity index (χ1n) is 7.17. The van der Waals surface area contributed by atoms with E-state index in [9.17, 15) is 5.11 Å². The minimum atomic E-state index is 0.124. The lowest BCUT2D eigenvalue weighted by Crippen LogP contribution is -2.33. The molecule has 0 saturated carbocycles. The summed E-state index contributed by atoms with van der Waals surface area (Å²) in [6.45, 7) is 0.718. The third-order valence-corrected chi connectivity index (χ3v) is 3.38. The Kier molecular flexibility index (Phi) is 6.38. The molecule has 3 N–H and O–H groups in total. The van der Waals surface area contributed by atoms with Gasteiger partial charge in [-0.05, 0) is 42.4 Å². The summed E-state index contributed by atoms with van der Waals surface area (Å²) in [5.74, 6) is 0.770. The second kappa shape index (κ2) is 8.75. The maximum atomic E-state index is 9.74. The lowest BCUT2D eigenvalue weighted by atomic mass is 10.1. The summed E-state index contributed by atoms with van der Waals surface area (Å²) < 4.78 is 5.10. The third-order valence-electron chi connectivity index (χ3n) is 3.15. The van der Waals surface area contributed by atoms with Gasteiger partial charge < -0.3 is 15.2 Å². The van der Waals surface area contributed by atoms with E-state index < -0.39 is 0 Å². The van der Waals surface area contributed by atoms with Crippen LogP contribution in [-0.2, 0) is 6.42 Å². The number of hydrogen-bond donors (Lipinski definition) is 3. The minimum Gasteiger partial charge on any atom is -0.507 e. The van der Waals surface area contributed by atoms with Crippen molar-refractivity contribution in [2.45, 2.75) is 6.42 Å². The number of ether oxygens (including phenoxy) is 1. The zero-order valence-corrected chi connectivity index (χ0v) is 13.6. The normalized spacial score (nSPS) is 10.5. The molecule has 2 rings (SSSR count). The number of phenols is 1. The highest BCUT2D eigenvalue weighted by Gasteiger charge is 2.00. The van der Waals surface area contributed by atoms with Gasteiger partial charge in [-0.1, -0.05) is 30.3 Å². The van der Waals surface area contributed by atoms with Gasteiger partial charge in [0.25, 0.3) is 0 Å². The van der Waals surface area contributed by atoms with Gasteiger partial charge in [0.15, 0.2) is 5.11 Å². The van der Waals surface area contributed by atoms with Crippen molar-refractivity contribution in [3.05, 3.63) is 59.7 Å². The van der Waals surface area contributed by atoms with Crippen LogP contribution in [-0.4, -0.2) is 30.1 Å². The van der Waals surface area contributed by atoms with Crippen molar-refractivity contribution < 1.29 is 9.84 Å².